The highest BCUT2D eigenvalue weighted by atomic mass is 15.0. The Kier molecular flexibility index (Phi) is 4.93. The Hall–Kier alpha value is -5.34. The summed E-state index contributed by atoms with van der Waals surface area (Å²) in [5.74, 6) is 0. The summed E-state index contributed by atoms with van der Waals surface area (Å²) in [6, 6.07) is 43.1. The Balaban J connectivity index is 1.24. The average molecular weight is 577 g/mol. The molecule has 2 heteroatoms. The van der Waals surface area contributed by atoms with E-state index >= 15 is 0 Å². The van der Waals surface area contributed by atoms with Gasteiger partial charge in [0.1, 0.15) is 0 Å². The summed E-state index contributed by atoms with van der Waals surface area (Å²) in [7, 11) is 0. The molecule has 0 aliphatic heterocycles. The van der Waals surface area contributed by atoms with Crippen LogP contribution in [0.25, 0.3) is 77.6 Å². The number of hydrogen-bond acceptors (Lipinski definition) is 0. The van der Waals surface area contributed by atoms with Crippen LogP contribution in [-0.4, -0.2) is 9.55 Å². The quantitative estimate of drug-likeness (QED) is 0.211. The van der Waals surface area contributed by atoms with Crippen LogP contribution in [0.5, 0.6) is 0 Å². The fraction of sp³-hybridized carbons (Fsp3) is 0.116. The SMILES string of the molecule is CC1(C)c2ccccc2-c2ccc(-n3c4ccccc4c4ccc(-c5cc6c([nH]c7ccccc76)c6c5C=CCC6)cc43)cc21. The van der Waals surface area contributed by atoms with Gasteiger partial charge in [-0.2, -0.15) is 0 Å². The molecular weight excluding hydrogens is 544 g/mol. The van der Waals surface area contributed by atoms with Crippen molar-refractivity contribution in [1.82, 2.24) is 9.55 Å². The molecule has 45 heavy (non-hydrogen) atoms. The van der Waals surface area contributed by atoms with E-state index in [1.807, 2.05) is 0 Å². The molecule has 6 aromatic carbocycles. The summed E-state index contributed by atoms with van der Waals surface area (Å²) < 4.78 is 2.49. The fourth-order valence-electron chi connectivity index (χ4n) is 8.44. The van der Waals surface area contributed by atoms with E-state index < -0.39 is 0 Å². The van der Waals surface area contributed by atoms with Gasteiger partial charge in [0.25, 0.3) is 0 Å². The van der Waals surface area contributed by atoms with E-state index in [0.29, 0.717) is 0 Å². The molecule has 2 nitrogen and oxygen atoms in total. The van der Waals surface area contributed by atoms with Crippen molar-refractivity contribution < 1.29 is 0 Å². The van der Waals surface area contributed by atoms with Gasteiger partial charge in [-0.3, -0.25) is 0 Å². The highest BCUT2D eigenvalue weighted by molar-refractivity contribution is 6.13. The lowest BCUT2D eigenvalue weighted by Crippen LogP contribution is -2.15. The summed E-state index contributed by atoms with van der Waals surface area (Å²) in [5, 5.41) is 5.19. The topological polar surface area (TPSA) is 20.7 Å². The molecule has 0 saturated heterocycles. The van der Waals surface area contributed by atoms with Crippen molar-refractivity contribution in [3.05, 3.63) is 144 Å². The van der Waals surface area contributed by atoms with Gasteiger partial charge < -0.3 is 9.55 Å². The second kappa shape index (κ2) is 8.86. The number of para-hydroxylation sites is 2. The summed E-state index contributed by atoms with van der Waals surface area (Å²) in [6.45, 7) is 4.73. The van der Waals surface area contributed by atoms with Crippen molar-refractivity contribution in [3.8, 4) is 27.9 Å². The fourth-order valence-corrected chi connectivity index (χ4v) is 8.44. The summed E-state index contributed by atoms with van der Waals surface area (Å²) in [6.07, 6.45) is 6.81. The number of aryl methyl sites for hydroxylation is 1. The molecule has 0 atom stereocenters. The zero-order valence-electron chi connectivity index (χ0n) is 25.5. The van der Waals surface area contributed by atoms with Crippen LogP contribution < -0.4 is 0 Å². The minimum Gasteiger partial charge on any atom is -0.354 e. The molecule has 2 heterocycles. The molecule has 2 aliphatic carbocycles. The first-order valence-corrected chi connectivity index (χ1v) is 16.1. The lowest BCUT2D eigenvalue weighted by molar-refractivity contribution is 0.660. The molecule has 214 valence electrons. The molecule has 0 amide bonds. The van der Waals surface area contributed by atoms with Crippen molar-refractivity contribution in [1.29, 1.82) is 0 Å². The van der Waals surface area contributed by atoms with Crippen LogP contribution in [0.15, 0.2) is 121 Å². The largest absolute Gasteiger partial charge is 0.354 e. The molecule has 0 saturated carbocycles. The maximum absolute atomic E-state index is 3.76. The van der Waals surface area contributed by atoms with Crippen LogP contribution in [0.2, 0.25) is 0 Å². The minimum absolute atomic E-state index is 0.0496. The van der Waals surface area contributed by atoms with Gasteiger partial charge in [-0.15, -0.1) is 0 Å². The third-order valence-electron chi connectivity index (χ3n) is 10.6. The first kappa shape index (κ1) is 25.0. The average Bonchev–Trinajstić information content (AvgIpc) is 3.70. The lowest BCUT2D eigenvalue weighted by Gasteiger charge is -2.22. The molecular formula is C43H32N2. The monoisotopic (exact) mass is 576 g/mol. The number of nitrogens with zero attached hydrogens (tertiary/aromatic N) is 1. The van der Waals surface area contributed by atoms with Crippen molar-refractivity contribution in [2.75, 3.05) is 0 Å². The maximum atomic E-state index is 3.76. The van der Waals surface area contributed by atoms with E-state index in [1.54, 1.807) is 0 Å². The molecule has 2 aliphatic rings. The molecule has 0 bridgehead atoms. The number of H-pyrrole nitrogens is 1. The third-order valence-corrected chi connectivity index (χ3v) is 10.6. The second-order valence-electron chi connectivity index (χ2n) is 13.3. The third kappa shape index (κ3) is 3.34. The Labute approximate surface area is 262 Å². The van der Waals surface area contributed by atoms with Gasteiger partial charge in [0.15, 0.2) is 0 Å². The molecule has 10 rings (SSSR count). The number of rotatable bonds is 2. The maximum Gasteiger partial charge on any atom is 0.0547 e. The molecule has 0 fully saturated rings. The van der Waals surface area contributed by atoms with E-state index in [1.165, 1.54) is 93.8 Å². The molecule has 0 radical (unpaired) electrons. The van der Waals surface area contributed by atoms with Gasteiger partial charge >= 0.3 is 0 Å². The normalized spacial score (nSPS) is 14.8. The summed E-state index contributed by atoms with van der Waals surface area (Å²) in [5.41, 5.74) is 17.0. The number of fused-ring (bicyclic) bond motifs is 11. The molecule has 8 aromatic rings. The van der Waals surface area contributed by atoms with Crippen molar-refractivity contribution in [3.63, 3.8) is 0 Å². The van der Waals surface area contributed by atoms with Gasteiger partial charge in [0.2, 0.25) is 0 Å². The number of aromatic amines is 1. The predicted molar refractivity (Wildman–Crippen MR) is 190 cm³/mol. The smallest absolute Gasteiger partial charge is 0.0547 e. The number of hydrogen-bond donors (Lipinski definition) is 1. The summed E-state index contributed by atoms with van der Waals surface area (Å²) >= 11 is 0. The van der Waals surface area contributed by atoms with E-state index in [2.05, 4.69) is 151 Å². The van der Waals surface area contributed by atoms with Crippen molar-refractivity contribution >= 4 is 49.7 Å². The number of allylic oxidation sites excluding steroid dienone is 1. The zero-order valence-corrected chi connectivity index (χ0v) is 25.5. The highest BCUT2D eigenvalue weighted by Crippen LogP contribution is 2.49. The molecule has 0 unspecified atom stereocenters. The van der Waals surface area contributed by atoms with E-state index in [9.17, 15) is 0 Å². The van der Waals surface area contributed by atoms with Gasteiger partial charge in [-0.05, 0) is 93.7 Å². The van der Waals surface area contributed by atoms with E-state index in [0.717, 1.165) is 12.8 Å². The van der Waals surface area contributed by atoms with Gasteiger partial charge in [-0.1, -0.05) is 105 Å². The van der Waals surface area contributed by atoms with E-state index in [-0.39, 0.29) is 5.41 Å². The molecule has 2 aromatic heterocycles. The van der Waals surface area contributed by atoms with Gasteiger partial charge in [0, 0.05) is 38.2 Å². The molecule has 0 spiro atoms. The predicted octanol–water partition coefficient (Wildman–Crippen LogP) is 11.4. The minimum atomic E-state index is -0.0496. The van der Waals surface area contributed by atoms with Crippen molar-refractivity contribution in [2.24, 2.45) is 0 Å². The van der Waals surface area contributed by atoms with Crippen LogP contribution in [0, 0.1) is 0 Å². The Morgan fingerprint density at radius 1 is 0.622 bits per heavy atom. The van der Waals surface area contributed by atoms with Crippen molar-refractivity contribution in [2.45, 2.75) is 32.1 Å². The van der Waals surface area contributed by atoms with E-state index in [4.69, 9.17) is 0 Å². The Morgan fingerprint density at radius 2 is 1.40 bits per heavy atom. The Bertz CT molecular complexity index is 2570. The highest BCUT2D eigenvalue weighted by Gasteiger charge is 2.35. The van der Waals surface area contributed by atoms with Crippen LogP contribution in [0.1, 0.15) is 42.5 Å². The lowest BCUT2D eigenvalue weighted by atomic mass is 9.82. The first-order valence-electron chi connectivity index (χ1n) is 16.1. The van der Waals surface area contributed by atoms with Crippen LogP contribution in [-0.2, 0) is 11.8 Å². The van der Waals surface area contributed by atoms with Gasteiger partial charge in [-0.25, -0.2) is 0 Å². The molecule has 1 N–H and O–H groups in total. The first-order chi connectivity index (χ1) is 22.1. The number of aromatic nitrogens is 2. The number of nitrogens with one attached hydrogen (secondary N) is 1. The Morgan fingerprint density at radius 3 is 2.33 bits per heavy atom. The van der Waals surface area contributed by atoms with Crippen LogP contribution in [0.3, 0.4) is 0 Å². The van der Waals surface area contributed by atoms with Crippen LogP contribution in [0.4, 0.5) is 0 Å². The second-order valence-corrected chi connectivity index (χ2v) is 13.3. The standard InChI is InChI=1S/C43H32N2/c1-43(2)37-16-8-5-12-29(37)30-22-20-27(24-38(30)43)45-40-18-10-7-14-32(40)33-21-19-26(23-41(33)45)35-25-36-31-13-6-9-17-39(31)44-42(36)34-15-4-3-11-28(34)35/h3,5-14,16-25,44H,4,15H2,1-2H3. The zero-order chi connectivity index (χ0) is 29.9. The van der Waals surface area contributed by atoms with Gasteiger partial charge in [0.05, 0.1) is 16.6 Å². The van der Waals surface area contributed by atoms with Crippen LogP contribution >= 0.6 is 0 Å². The summed E-state index contributed by atoms with van der Waals surface area (Å²) in [4.78, 5) is 3.76. The number of benzene rings is 6.